The van der Waals surface area contributed by atoms with Crippen LogP contribution in [0, 0.1) is 6.92 Å². The second-order valence-corrected chi connectivity index (χ2v) is 6.89. The Balaban J connectivity index is 2.39. The number of ether oxygens (including phenoxy) is 1. The van der Waals surface area contributed by atoms with Gasteiger partial charge in [-0.3, -0.25) is 0 Å². The summed E-state index contributed by atoms with van der Waals surface area (Å²) in [4.78, 5) is 0.205. The highest BCUT2D eigenvalue weighted by molar-refractivity contribution is 7.90. The number of aromatic nitrogens is 2. The van der Waals surface area contributed by atoms with Crippen molar-refractivity contribution in [3.63, 3.8) is 0 Å². The van der Waals surface area contributed by atoms with E-state index in [0.29, 0.717) is 29.6 Å². The first-order valence-electron chi connectivity index (χ1n) is 6.63. The molecule has 2 N–H and O–H groups in total. The third-order valence-corrected chi connectivity index (χ3v) is 4.12. The van der Waals surface area contributed by atoms with Crippen molar-refractivity contribution in [3.8, 4) is 11.6 Å². The third-order valence-electron chi connectivity index (χ3n) is 3.01. The quantitative estimate of drug-likeness (QED) is 0.916. The number of hydrogen-bond donors (Lipinski definition) is 1. The van der Waals surface area contributed by atoms with Gasteiger partial charge in [0, 0.05) is 12.8 Å². The molecule has 1 heterocycles. The molecule has 0 fully saturated rings. The van der Waals surface area contributed by atoms with E-state index in [0.717, 1.165) is 12.7 Å². The van der Waals surface area contributed by atoms with Gasteiger partial charge in [0.2, 0.25) is 5.88 Å². The SMILES string of the molecule is CCCn1nc(C)c(N)c1Oc1cccc(S(C)(=O)=O)c1. The lowest BCUT2D eigenvalue weighted by atomic mass is 10.3. The summed E-state index contributed by atoms with van der Waals surface area (Å²) < 4.78 is 30.6. The Hall–Kier alpha value is -2.02. The fourth-order valence-corrected chi connectivity index (χ4v) is 2.58. The minimum Gasteiger partial charge on any atom is -0.437 e. The maximum absolute atomic E-state index is 11.6. The highest BCUT2D eigenvalue weighted by Gasteiger charge is 2.15. The molecule has 0 spiro atoms. The number of nitrogens with zero attached hydrogens (tertiary/aromatic N) is 2. The van der Waals surface area contributed by atoms with Crippen LogP contribution in [0.1, 0.15) is 19.0 Å². The highest BCUT2D eigenvalue weighted by Crippen LogP contribution is 2.31. The topological polar surface area (TPSA) is 87.2 Å². The lowest BCUT2D eigenvalue weighted by molar-refractivity contribution is 0.409. The molecular weight excluding hydrogens is 290 g/mol. The summed E-state index contributed by atoms with van der Waals surface area (Å²) in [5.74, 6) is 0.863. The number of sulfone groups is 1. The number of hydrogen-bond acceptors (Lipinski definition) is 5. The molecule has 7 heteroatoms. The first-order chi connectivity index (χ1) is 9.82. The number of anilines is 1. The van der Waals surface area contributed by atoms with E-state index in [1.54, 1.807) is 23.7 Å². The third kappa shape index (κ3) is 3.36. The van der Waals surface area contributed by atoms with E-state index in [1.165, 1.54) is 12.1 Å². The fourth-order valence-electron chi connectivity index (χ4n) is 1.93. The molecule has 0 unspecified atom stereocenters. The number of rotatable bonds is 5. The molecule has 0 bridgehead atoms. The number of benzene rings is 1. The molecule has 0 saturated carbocycles. The van der Waals surface area contributed by atoms with Crippen LogP contribution in [-0.2, 0) is 16.4 Å². The first kappa shape index (κ1) is 15.4. The van der Waals surface area contributed by atoms with E-state index >= 15 is 0 Å². The van der Waals surface area contributed by atoms with Crippen LogP contribution in [0.5, 0.6) is 11.6 Å². The van der Waals surface area contributed by atoms with Crippen LogP contribution in [0.3, 0.4) is 0 Å². The van der Waals surface area contributed by atoms with Crippen molar-refractivity contribution in [1.82, 2.24) is 9.78 Å². The van der Waals surface area contributed by atoms with Gasteiger partial charge in [0.15, 0.2) is 9.84 Å². The average molecular weight is 309 g/mol. The maximum atomic E-state index is 11.6. The van der Waals surface area contributed by atoms with Gasteiger partial charge in [-0.2, -0.15) is 5.10 Å². The number of nitrogens with two attached hydrogens (primary N) is 1. The second-order valence-electron chi connectivity index (χ2n) is 4.88. The van der Waals surface area contributed by atoms with Gasteiger partial charge < -0.3 is 10.5 Å². The summed E-state index contributed by atoms with van der Waals surface area (Å²) in [6, 6.07) is 6.33. The molecule has 6 nitrogen and oxygen atoms in total. The summed E-state index contributed by atoms with van der Waals surface area (Å²) in [6.45, 7) is 4.52. The second kappa shape index (κ2) is 5.77. The van der Waals surface area contributed by atoms with Crippen molar-refractivity contribution in [3.05, 3.63) is 30.0 Å². The van der Waals surface area contributed by atoms with Crippen LogP contribution in [0.15, 0.2) is 29.2 Å². The fraction of sp³-hybridized carbons (Fsp3) is 0.357. The lowest BCUT2D eigenvalue weighted by Crippen LogP contribution is -2.03. The van der Waals surface area contributed by atoms with Gasteiger partial charge >= 0.3 is 0 Å². The van der Waals surface area contributed by atoms with Crippen LogP contribution in [0.2, 0.25) is 0 Å². The van der Waals surface area contributed by atoms with Gasteiger partial charge in [0.1, 0.15) is 11.4 Å². The average Bonchev–Trinajstić information content (AvgIpc) is 2.67. The van der Waals surface area contributed by atoms with Crippen LogP contribution >= 0.6 is 0 Å². The maximum Gasteiger partial charge on any atom is 0.241 e. The standard InChI is InChI=1S/C14H19N3O3S/c1-4-8-17-14(13(15)10(2)16-17)20-11-6-5-7-12(9-11)21(3,18)19/h5-7,9H,4,8,15H2,1-3H3. The zero-order chi connectivity index (χ0) is 15.6. The predicted molar refractivity (Wildman–Crippen MR) is 81.3 cm³/mol. The Morgan fingerprint density at radius 3 is 2.71 bits per heavy atom. The summed E-state index contributed by atoms with van der Waals surface area (Å²) in [5, 5.41) is 4.32. The Kier molecular flexibility index (Phi) is 4.22. The molecule has 114 valence electrons. The van der Waals surface area contributed by atoms with E-state index in [-0.39, 0.29) is 4.90 Å². The molecule has 21 heavy (non-hydrogen) atoms. The molecule has 0 radical (unpaired) electrons. The Labute approximate surface area is 124 Å². The van der Waals surface area contributed by atoms with Crippen LogP contribution in [-0.4, -0.2) is 24.5 Å². The lowest BCUT2D eigenvalue weighted by Gasteiger charge is -2.10. The smallest absolute Gasteiger partial charge is 0.241 e. The van der Waals surface area contributed by atoms with Gasteiger partial charge in [-0.25, -0.2) is 13.1 Å². The van der Waals surface area contributed by atoms with Gasteiger partial charge in [-0.1, -0.05) is 13.0 Å². The van der Waals surface area contributed by atoms with Crippen molar-refractivity contribution >= 4 is 15.5 Å². The van der Waals surface area contributed by atoms with Crippen molar-refractivity contribution in [1.29, 1.82) is 0 Å². The molecule has 0 atom stereocenters. The van der Waals surface area contributed by atoms with Crippen molar-refractivity contribution in [2.75, 3.05) is 12.0 Å². The summed E-state index contributed by atoms with van der Waals surface area (Å²) in [5.41, 5.74) is 7.14. The van der Waals surface area contributed by atoms with Crippen molar-refractivity contribution in [2.24, 2.45) is 0 Å². The Bertz CT molecular complexity index is 751. The van der Waals surface area contributed by atoms with Gasteiger partial charge in [0.25, 0.3) is 0 Å². The number of aryl methyl sites for hydroxylation is 2. The Morgan fingerprint density at radius 1 is 1.38 bits per heavy atom. The summed E-state index contributed by atoms with van der Waals surface area (Å²) >= 11 is 0. The minimum absolute atomic E-state index is 0.205. The molecule has 0 amide bonds. The van der Waals surface area contributed by atoms with E-state index in [4.69, 9.17) is 10.5 Å². The molecule has 0 aliphatic rings. The molecular formula is C14H19N3O3S. The van der Waals surface area contributed by atoms with Gasteiger partial charge in [0.05, 0.1) is 10.6 Å². The molecule has 2 rings (SSSR count). The van der Waals surface area contributed by atoms with Gasteiger partial charge in [-0.05, 0) is 31.5 Å². The zero-order valence-electron chi connectivity index (χ0n) is 12.3. The molecule has 0 saturated heterocycles. The predicted octanol–water partition coefficient (Wildman–Crippen LogP) is 2.38. The minimum atomic E-state index is -3.28. The molecule has 0 aliphatic carbocycles. The van der Waals surface area contributed by atoms with Crippen molar-refractivity contribution < 1.29 is 13.2 Å². The van der Waals surface area contributed by atoms with Crippen molar-refractivity contribution in [2.45, 2.75) is 31.7 Å². The van der Waals surface area contributed by atoms with E-state index < -0.39 is 9.84 Å². The number of nitrogen functional groups attached to an aromatic ring is 1. The molecule has 0 aliphatic heterocycles. The van der Waals surface area contributed by atoms with Crippen LogP contribution < -0.4 is 10.5 Å². The molecule has 1 aromatic carbocycles. The highest BCUT2D eigenvalue weighted by atomic mass is 32.2. The monoisotopic (exact) mass is 309 g/mol. The van der Waals surface area contributed by atoms with E-state index in [1.807, 2.05) is 6.92 Å². The normalized spacial score (nSPS) is 11.6. The summed E-state index contributed by atoms with van der Waals surface area (Å²) in [7, 11) is -3.28. The van der Waals surface area contributed by atoms with E-state index in [9.17, 15) is 8.42 Å². The zero-order valence-corrected chi connectivity index (χ0v) is 13.1. The molecule has 1 aromatic heterocycles. The largest absolute Gasteiger partial charge is 0.437 e. The first-order valence-corrected chi connectivity index (χ1v) is 8.53. The van der Waals surface area contributed by atoms with Crippen LogP contribution in [0.25, 0.3) is 0 Å². The van der Waals surface area contributed by atoms with Crippen LogP contribution in [0.4, 0.5) is 5.69 Å². The Morgan fingerprint density at radius 2 is 2.10 bits per heavy atom. The summed E-state index contributed by atoms with van der Waals surface area (Å²) in [6.07, 6.45) is 2.05. The van der Waals surface area contributed by atoms with E-state index in [2.05, 4.69) is 5.10 Å². The molecule has 2 aromatic rings. The van der Waals surface area contributed by atoms with Gasteiger partial charge in [-0.15, -0.1) is 0 Å².